The second-order valence-electron chi connectivity index (χ2n) is 5.71. The SMILES string of the molecule is CC(C)=CCC[C@@H](C)C/C=N\NC(=O)C(=O)NCc1ccco1. The van der Waals surface area contributed by atoms with Gasteiger partial charge in [-0.25, -0.2) is 5.43 Å². The molecule has 0 saturated carbocycles. The lowest BCUT2D eigenvalue weighted by Crippen LogP contribution is -2.37. The number of allylic oxidation sites excluding steroid dienone is 2. The van der Waals surface area contributed by atoms with Gasteiger partial charge in [-0.15, -0.1) is 0 Å². The number of carbonyl (C=O) groups excluding carboxylic acids is 2. The maximum Gasteiger partial charge on any atom is 0.329 e. The Balaban J connectivity index is 2.18. The largest absolute Gasteiger partial charge is 0.467 e. The van der Waals surface area contributed by atoms with Gasteiger partial charge in [0.25, 0.3) is 0 Å². The van der Waals surface area contributed by atoms with Crippen LogP contribution in [0.25, 0.3) is 0 Å². The van der Waals surface area contributed by atoms with Crippen LogP contribution in [0, 0.1) is 5.92 Å². The Morgan fingerprint density at radius 1 is 1.35 bits per heavy atom. The molecule has 1 heterocycles. The first kappa shape index (κ1) is 18.7. The zero-order chi connectivity index (χ0) is 17.1. The van der Waals surface area contributed by atoms with Gasteiger partial charge in [-0.3, -0.25) is 9.59 Å². The fraction of sp³-hybridized carbons (Fsp3) is 0.471. The van der Waals surface area contributed by atoms with Crippen LogP contribution in [-0.2, 0) is 16.1 Å². The molecule has 23 heavy (non-hydrogen) atoms. The van der Waals surface area contributed by atoms with Crippen LogP contribution < -0.4 is 10.7 Å². The third-order valence-corrected chi connectivity index (χ3v) is 3.19. The highest BCUT2D eigenvalue weighted by atomic mass is 16.3. The van der Waals surface area contributed by atoms with E-state index in [2.05, 4.69) is 42.7 Å². The van der Waals surface area contributed by atoms with Gasteiger partial charge in [0, 0.05) is 6.21 Å². The van der Waals surface area contributed by atoms with Gasteiger partial charge in [0.15, 0.2) is 0 Å². The van der Waals surface area contributed by atoms with E-state index in [0.717, 1.165) is 19.3 Å². The number of nitrogens with one attached hydrogen (secondary N) is 2. The Hall–Kier alpha value is -2.37. The molecule has 0 aliphatic carbocycles. The molecule has 6 heteroatoms. The average Bonchev–Trinajstić information content (AvgIpc) is 3.02. The standard InChI is InChI=1S/C17H25N3O3/c1-13(2)6-4-7-14(3)9-10-19-20-17(22)16(21)18-12-15-8-5-11-23-15/h5-6,8,10-11,14H,4,7,9,12H2,1-3H3,(H,18,21)(H,20,22)/b19-10-/t14-/m1/s1. The Kier molecular flexibility index (Phi) is 8.42. The second-order valence-corrected chi connectivity index (χ2v) is 5.71. The number of hydrogen-bond acceptors (Lipinski definition) is 4. The molecule has 126 valence electrons. The molecule has 1 aromatic heterocycles. The lowest BCUT2D eigenvalue weighted by atomic mass is 10.0. The third-order valence-electron chi connectivity index (χ3n) is 3.19. The van der Waals surface area contributed by atoms with Gasteiger partial charge in [-0.1, -0.05) is 18.6 Å². The minimum atomic E-state index is -0.787. The number of rotatable bonds is 8. The molecule has 2 amide bonds. The zero-order valence-corrected chi connectivity index (χ0v) is 14.0. The van der Waals surface area contributed by atoms with Gasteiger partial charge < -0.3 is 9.73 Å². The van der Waals surface area contributed by atoms with Gasteiger partial charge in [-0.05, 0) is 51.2 Å². The average molecular weight is 319 g/mol. The molecular formula is C17H25N3O3. The molecule has 6 nitrogen and oxygen atoms in total. The van der Waals surface area contributed by atoms with Crippen LogP contribution in [0.4, 0.5) is 0 Å². The molecule has 0 bridgehead atoms. The van der Waals surface area contributed by atoms with Crippen molar-refractivity contribution >= 4 is 18.0 Å². The molecule has 0 aliphatic heterocycles. The molecule has 0 radical (unpaired) electrons. The van der Waals surface area contributed by atoms with Crippen molar-refractivity contribution in [1.29, 1.82) is 0 Å². The maximum atomic E-state index is 11.5. The Morgan fingerprint density at radius 3 is 2.78 bits per heavy atom. The van der Waals surface area contributed by atoms with Crippen LogP contribution in [-0.4, -0.2) is 18.0 Å². The Bertz CT molecular complexity index is 543. The van der Waals surface area contributed by atoms with Crippen molar-refractivity contribution in [3.05, 3.63) is 35.8 Å². The fourth-order valence-corrected chi connectivity index (χ4v) is 1.82. The van der Waals surface area contributed by atoms with Crippen LogP contribution in [0.2, 0.25) is 0 Å². The molecular weight excluding hydrogens is 294 g/mol. The lowest BCUT2D eigenvalue weighted by Gasteiger charge is -2.06. The highest BCUT2D eigenvalue weighted by Gasteiger charge is 2.12. The van der Waals surface area contributed by atoms with E-state index in [1.54, 1.807) is 18.3 Å². The Labute approximate surface area is 137 Å². The summed E-state index contributed by atoms with van der Waals surface area (Å²) in [7, 11) is 0. The van der Waals surface area contributed by atoms with Crippen LogP contribution in [0.1, 0.15) is 45.8 Å². The second kappa shape index (κ2) is 10.4. The summed E-state index contributed by atoms with van der Waals surface area (Å²) in [5.41, 5.74) is 3.54. The zero-order valence-electron chi connectivity index (χ0n) is 14.0. The first-order chi connectivity index (χ1) is 11.0. The van der Waals surface area contributed by atoms with E-state index in [1.807, 2.05) is 0 Å². The number of hydrogen-bond donors (Lipinski definition) is 2. The van der Waals surface area contributed by atoms with Gasteiger partial charge in [0.1, 0.15) is 5.76 Å². The summed E-state index contributed by atoms with van der Waals surface area (Å²) in [6, 6.07) is 3.43. The summed E-state index contributed by atoms with van der Waals surface area (Å²) in [5, 5.41) is 6.24. The number of carbonyl (C=O) groups is 2. The van der Waals surface area contributed by atoms with Crippen LogP contribution >= 0.6 is 0 Å². The van der Waals surface area contributed by atoms with Crippen LogP contribution in [0.3, 0.4) is 0 Å². The van der Waals surface area contributed by atoms with Gasteiger partial charge in [0.05, 0.1) is 12.8 Å². The number of amides is 2. The molecule has 0 aliphatic rings. The van der Waals surface area contributed by atoms with Gasteiger partial charge >= 0.3 is 11.8 Å². The quantitative estimate of drug-likeness (QED) is 0.334. The van der Waals surface area contributed by atoms with Crippen molar-refractivity contribution in [3.8, 4) is 0 Å². The topological polar surface area (TPSA) is 83.7 Å². The highest BCUT2D eigenvalue weighted by molar-refractivity contribution is 6.35. The number of nitrogens with zero attached hydrogens (tertiary/aromatic N) is 1. The van der Waals surface area contributed by atoms with Crippen molar-refractivity contribution < 1.29 is 14.0 Å². The first-order valence-electron chi connectivity index (χ1n) is 7.74. The number of furan rings is 1. The fourth-order valence-electron chi connectivity index (χ4n) is 1.82. The summed E-state index contributed by atoms with van der Waals surface area (Å²) >= 11 is 0. The maximum absolute atomic E-state index is 11.5. The molecule has 1 atom stereocenters. The molecule has 0 fully saturated rings. The van der Waals surface area contributed by atoms with Crippen molar-refractivity contribution in [2.75, 3.05) is 0 Å². The molecule has 1 aromatic rings. The summed E-state index contributed by atoms with van der Waals surface area (Å²) < 4.78 is 5.06. The van der Waals surface area contributed by atoms with E-state index < -0.39 is 11.8 Å². The van der Waals surface area contributed by atoms with E-state index in [4.69, 9.17) is 4.42 Å². The Morgan fingerprint density at radius 2 is 2.13 bits per heavy atom. The molecule has 1 rings (SSSR count). The molecule has 0 saturated heterocycles. The smallest absolute Gasteiger partial charge is 0.329 e. The summed E-state index contributed by atoms with van der Waals surface area (Å²) in [5.74, 6) is -0.473. The predicted octanol–water partition coefficient (Wildman–Crippen LogP) is 2.77. The van der Waals surface area contributed by atoms with Crippen molar-refractivity contribution in [2.45, 2.75) is 46.6 Å². The predicted molar refractivity (Wildman–Crippen MR) is 89.6 cm³/mol. The minimum Gasteiger partial charge on any atom is -0.467 e. The van der Waals surface area contributed by atoms with Crippen molar-refractivity contribution in [1.82, 2.24) is 10.7 Å². The molecule has 0 spiro atoms. The van der Waals surface area contributed by atoms with Gasteiger partial charge in [0.2, 0.25) is 0 Å². The highest BCUT2D eigenvalue weighted by Crippen LogP contribution is 2.10. The molecule has 2 N–H and O–H groups in total. The van der Waals surface area contributed by atoms with E-state index >= 15 is 0 Å². The lowest BCUT2D eigenvalue weighted by molar-refractivity contribution is -0.139. The van der Waals surface area contributed by atoms with Crippen molar-refractivity contribution in [3.63, 3.8) is 0 Å². The minimum absolute atomic E-state index is 0.171. The third kappa shape index (κ3) is 8.60. The van der Waals surface area contributed by atoms with E-state index in [9.17, 15) is 9.59 Å². The van der Waals surface area contributed by atoms with E-state index in [0.29, 0.717) is 11.7 Å². The molecule has 0 unspecified atom stereocenters. The van der Waals surface area contributed by atoms with Crippen molar-refractivity contribution in [2.24, 2.45) is 11.0 Å². The van der Waals surface area contributed by atoms with Gasteiger partial charge in [-0.2, -0.15) is 5.10 Å². The van der Waals surface area contributed by atoms with E-state index in [-0.39, 0.29) is 6.54 Å². The molecule has 0 aromatic carbocycles. The number of hydrazone groups is 1. The first-order valence-corrected chi connectivity index (χ1v) is 7.74. The van der Waals surface area contributed by atoms with Crippen LogP contribution in [0.5, 0.6) is 0 Å². The summed E-state index contributed by atoms with van der Waals surface area (Å²) in [4.78, 5) is 23.0. The summed E-state index contributed by atoms with van der Waals surface area (Å²) in [6.45, 7) is 6.46. The van der Waals surface area contributed by atoms with E-state index in [1.165, 1.54) is 11.8 Å². The normalized spacial score (nSPS) is 12.0. The monoisotopic (exact) mass is 319 g/mol. The summed E-state index contributed by atoms with van der Waals surface area (Å²) in [6.07, 6.45) is 8.20. The van der Waals surface area contributed by atoms with Crippen LogP contribution in [0.15, 0.2) is 39.6 Å².